The van der Waals surface area contributed by atoms with Crippen LogP contribution in [0.3, 0.4) is 0 Å². The van der Waals surface area contributed by atoms with Gasteiger partial charge in [0.05, 0.1) is 14.2 Å². The summed E-state index contributed by atoms with van der Waals surface area (Å²) in [4.78, 5) is 0. The van der Waals surface area contributed by atoms with Gasteiger partial charge in [-0.25, -0.2) is 0 Å². The Morgan fingerprint density at radius 1 is 1.15 bits per heavy atom. The molecule has 0 saturated heterocycles. The second-order valence-corrected chi connectivity index (χ2v) is 6.24. The van der Waals surface area contributed by atoms with Crippen molar-refractivity contribution in [3.05, 3.63) is 23.8 Å². The van der Waals surface area contributed by atoms with Gasteiger partial charge >= 0.3 is 0 Å². The number of hydrogen-bond donors (Lipinski definition) is 1. The van der Waals surface area contributed by atoms with E-state index in [0.29, 0.717) is 0 Å². The van der Waals surface area contributed by atoms with E-state index in [4.69, 9.17) is 9.47 Å². The third-order valence-corrected chi connectivity index (χ3v) is 5.09. The van der Waals surface area contributed by atoms with Gasteiger partial charge in [-0.3, -0.25) is 0 Å². The van der Waals surface area contributed by atoms with E-state index in [1.165, 1.54) is 31.2 Å². The van der Waals surface area contributed by atoms with Gasteiger partial charge in [0.15, 0.2) is 0 Å². The van der Waals surface area contributed by atoms with Crippen LogP contribution in [-0.4, -0.2) is 20.8 Å². The first-order chi connectivity index (χ1) is 9.80. The first-order valence-corrected chi connectivity index (χ1v) is 7.71. The molecule has 1 N–H and O–H groups in total. The zero-order chi connectivity index (χ0) is 13.9. The van der Waals surface area contributed by atoms with E-state index in [-0.39, 0.29) is 0 Å². The van der Waals surface area contributed by atoms with Crippen LogP contribution in [0.15, 0.2) is 18.2 Å². The Balaban J connectivity index is 1.55. The van der Waals surface area contributed by atoms with Crippen LogP contribution in [0.5, 0.6) is 11.5 Å². The Labute approximate surface area is 121 Å². The fourth-order valence-corrected chi connectivity index (χ4v) is 4.04. The fourth-order valence-electron chi connectivity index (χ4n) is 4.04. The lowest BCUT2D eigenvalue weighted by Crippen LogP contribution is -2.26. The van der Waals surface area contributed by atoms with E-state index in [1.54, 1.807) is 14.2 Å². The molecule has 1 aromatic carbocycles. The molecule has 2 saturated carbocycles. The molecule has 0 radical (unpaired) electrons. The maximum Gasteiger partial charge on any atom is 0.123 e. The van der Waals surface area contributed by atoms with Crippen molar-refractivity contribution in [1.29, 1.82) is 0 Å². The van der Waals surface area contributed by atoms with Gasteiger partial charge in [0.25, 0.3) is 0 Å². The first kappa shape index (κ1) is 13.7. The number of nitrogens with one attached hydrogen (secondary N) is 1. The van der Waals surface area contributed by atoms with Gasteiger partial charge in [0.2, 0.25) is 0 Å². The van der Waals surface area contributed by atoms with Crippen LogP contribution >= 0.6 is 0 Å². The number of hydrogen-bond acceptors (Lipinski definition) is 3. The van der Waals surface area contributed by atoms with Crippen molar-refractivity contribution in [1.82, 2.24) is 5.32 Å². The third kappa shape index (κ3) is 2.78. The summed E-state index contributed by atoms with van der Waals surface area (Å²) in [6, 6.07) is 5.98. The van der Waals surface area contributed by atoms with Crippen LogP contribution in [0.25, 0.3) is 0 Å². The van der Waals surface area contributed by atoms with Gasteiger partial charge < -0.3 is 14.8 Å². The smallest absolute Gasteiger partial charge is 0.123 e. The zero-order valence-electron chi connectivity index (χ0n) is 12.5. The highest BCUT2D eigenvalue weighted by Crippen LogP contribution is 2.47. The standard InChI is InChI=1S/C17H25NO2/c1-19-16-5-6-17(20-2)15(9-16)11-18-10-14-8-12-3-4-13(14)7-12/h5-6,9,12-14,18H,3-4,7-8,10-11H2,1-2H3. The van der Waals surface area contributed by atoms with Crippen LogP contribution < -0.4 is 14.8 Å². The molecule has 0 heterocycles. The monoisotopic (exact) mass is 275 g/mol. The Hall–Kier alpha value is -1.22. The Morgan fingerprint density at radius 2 is 2.05 bits per heavy atom. The molecule has 2 bridgehead atoms. The van der Waals surface area contributed by atoms with Crippen LogP contribution in [-0.2, 0) is 6.54 Å². The maximum atomic E-state index is 5.42. The number of fused-ring (bicyclic) bond motifs is 2. The average molecular weight is 275 g/mol. The molecule has 0 aliphatic heterocycles. The Bertz CT molecular complexity index is 460. The van der Waals surface area contributed by atoms with Crippen molar-refractivity contribution in [2.45, 2.75) is 32.2 Å². The summed E-state index contributed by atoms with van der Waals surface area (Å²) in [5.41, 5.74) is 1.18. The maximum absolute atomic E-state index is 5.42. The minimum Gasteiger partial charge on any atom is -0.497 e. The molecular weight excluding hydrogens is 250 g/mol. The summed E-state index contributed by atoms with van der Waals surface area (Å²) in [6.45, 7) is 2.00. The molecule has 2 fully saturated rings. The summed E-state index contributed by atoms with van der Waals surface area (Å²) < 4.78 is 10.7. The van der Waals surface area contributed by atoms with Crippen molar-refractivity contribution < 1.29 is 9.47 Å². The zero-order valence-corrected chi connectivity index (χ0v) is 12.5. The summed E-state index contributed by atoms with van der Waals surface area (Å²) >= 11 is 0. The van der Waals surface area contributed by atoms with E-state index in [9.17, 15) is 0 Å². The van der Waals surface area contributed by atoms with Crippen molar-refractivity contribution >= 4 is 0 Å². The van der Waals surface area contributed by atoms with Gasteiger partial charge in [-0.2, -0.15) is 0 Å². The lowest BCUT2D eigenvalue weighted by Gasteiger charge is -2.22. The van der Waals surface area contributed by atoms with Crippen molar-refractivity contribution in [3.8, 4) is 11.5 Å². The molecule has 3 atom stereocenters. The molecule has 0 amide bonds. The lowest BCUT2D eigenvalue weighted by atomic mass is 9.89. The predicted molar refractivity (Wildman–Crippen MR) is 80.2 cm³/mol. The van der Waals surface area contributed by atoms with Crippen LogP contribution in [0.4, 0.5) is 0 Å². The SMILES string of the molecule is COc1ccc(OC)c(CNCC2CC3CCC2C3)c1. The molecule has 3 unspecified atom stereocenters. The summed E-state index contributed by atoms with van der Waals surface area (Å²) in [7, 11) is 3.43. The summed E-state index contributed by atoms with van der Waals surface area (Å²) in [5.74, 6) is 4.73. The van der Waals surface area contributed by atoms with E-state index >= 15 is 0 Å². The van der Waals surface area contributed by atoms with Gasteiger partial charge in [-0.15, -0.1) is 0 Å². The second kappa shape index (κ2) is 6.04. The Morgan fingerprint density at radius 3 is 2.70 bits per heavy atom. The van der Waals surface area contributed by atoms with Gasteiger partial charge in [0.1, 0.15) is 11.5 Å². The van der Waals surface area contributed by atoms with Gasteiger partial charge in [-0.05, 0) is 61.8 Å². The molecule has 3 nitrogen and oxygen atoms in total. The number of benzene rings is 1. The topological polar surface area (TPSA) is 30.5 Å². The van der Waals surface area contributed by atoms with Crippen molar-refractivity contribution in [3.63, 3.8) is 0 Å². The second-order valence-electron chi connectivity index (χ2n) is 6.24. The molecule has 3 heteroatoms. The van der Waals surface area contributed by atoms with Gasteiger partial charge in [0, 0.05) is 12.1 Å². The highest BCUT2D eigenvalue weighted by molar-refractivity contribution is 5.40. The largest absolute Gasteiger partial charge is 0.497 e. The molecule has 1 aromatic rings. The number of ether oxygens (including phenoxy) is 2. The quantitative estimate of drug-likeness (QED) is 0.864. The van der Waals surface area contributed by atoms with Crippen LogP contribution in [0, 0.1) is 17.8 Å². The van der Waals surface area contributed by atoms with E-state index in [0.717, 1.165) is 42.3 Å². The van der Waals surface area contributed by atoms with E-state index in [2.05, 4.69) is 11.4 Å². The molecule has 0 spiro atoms. The number of methoxy groups -OCH3 is 2. The highest BCUT2D eigenvalue weighted by atomic mass is 16.5. The third-order valence-electron chi connectivity index (χ3n) is 5.09. The van der Waals surface area contributed by atoms with Crippen molar-refractivity contribution in [2.75, 3.05) is 20.8 Å². The molecule has 2 aliphatic carbocycles. The minimum atomic E-state index is 0.855. The average Bonchev–Trinajstić information content (AvgIpc) is 3.09. The summed E-state index contributed by atoms with van der Waals surface area (Å²) in [6.07, 6.45) is 5.85. The fraction of sp³-hybridized carbons (Fsp3) is 0.647. The molecule has 3 rings (SSSR count). The number of rotatable bonds is 6. The van der Waals surface area contributed by atoms with Gasteiger partial charge in [-0.1, -0.05) is 6.42 Å². The van der Waals surface area contributed by atoms with E-state index in [1.807, 2.05) is 12.1 Å². The normalized spacial score (nSPS) is 27.8. The van der Waals surface area contributed by atoms with Crippen molar-refractivity contribution in [2.24, 2.45) is 17.8 Å². The summed E-state index contributed by atoms with van der Waals surface area (Å²) in [5, 5.41) is 3.62. The van der Waals surface area contributed by atoms with E-state index < -0.39 is 0 Å². The van der Waals surface area contributed by atoms with Crippen LogP contribution in [0.1, 0.15) is 31.2 Å². The lowest BCUT2D eigenvalue weighted by molar-refractivity contribution is 0.317. The predicted octanol–water partition coefficient (Wildman–Crippen LogP) is 3.23. The minimum absolute atomic E-state index is 0.855. The molecule has 20 heavy (non-hydrogen) atoms. The molecule has 2 aliphatic rings. The van der Waals surface area contributed by atoms with Crippen LogP contribution in [0.2, 0.25) is 0 Å². The highest BCUT2D eigenvalue weighted by Gasteiger charge is 2.38. The molecule has 0 aromatic heterocycles. The first-order valence-electron chi connectivity index (χ1n) is 7.71. The molecule has 110 valence electrons. The Kier molecular flexibility index (Phi) is 4.16. The molecular formula is C17H25NO2.